The highest BCUT2D eigenvalue weighted by Crippen LogP contribution is 2.41. The van der Waals surface area contributed by atoms with Crippen molar-refractivity contribution in [2.45, 2.75) is 38.7 Å². The molecule has 1 aliphatic rings. The first-order valence-corrected chi connectivity index (χ1v) is 6.19. The van der Waals surface area contributed by atoms with Gasteiger partial charge in [0.2, 0.25) is 0 Å². The summed E-state index contributed by atoms with van der Waals surface area (Å²) in [5.41, 5.74) is 0.285. The number of thiophene rings is 1. The molecule has 0 radical (unpaired) electrons. The molecule has 0 aromatic carbocycles. The molecule has 2 rings (SSSR count). The van der Waals surface area contributed by atoms with E-state index in [1.54, 1.807) is 11.3 Å². The zero-order valence-corrected chi connectivity index (χ0v) is 9.87. The van der Waals surface area contributed by atoms with E-state index in [0.29, 0.717) is 0 Å². The molecule has 1 aromatic rings. The fraction of sp³-hybridized carbons (Fsp3) is 0.636. The van der Waals surface area contributed by atoms with Gasteiger partial charge in [0, 0.05) is 4.88 Å². The fourth-order valence-electron chi connectivity index (χ4n) is 2.32. The van der Waals surface area contributed by atoms with Gasteiger partial charge in [-0.15, -0.1) is 11.3 Å². The van der Waals surface area contributed by atoms with E-state index >= 15 is 0 Å². The van der Waals surface area contributed by atoms with Crippen LogP contribution in [0.3, 0.4) is 0 Å². The van der Waals surface area contributed by atoms with Crippen LogP contribution in [0.4, 0.5) is 0 Å². The molecule has 0 spiro atoms. The number of hydrogen-bond donors (Lipinski definition) is 1. The lowest BCUT2D eigenvalue weighted by molar-refractivity contribution is 0.164. The Morgan fingerprint density at radius 1 is 1.64 bits per heavy atom. The Kier molecular flexibility index (Phi) is 2.87. The van der Waals surface area contributed by atoms with Gasteiger partial charge in [-0.2, -0.15) is 0 Å². The molecule has 0 amide bonds. The fourth-order valence-corrected chi connectivity index (χ4v) is 3.62. The number of rotatable bonds is 2. The Hall–Kier alpha value is -0.0500. The third-order valence-corrected chi connectivity index (χ3v) is 4.27. The highest BCUT2D eigenvalue weighted by atomic mass is 35.5. The van der Waals surface area contributed by atoms with Crippen molar-refractivity contribution in [2.24, 2.45) is 5.41 Å². The molecule has 1 N–H and O–H groups in total. The Bertz CT molecular complexity index is 323. The van der Waals surface area contributed by atoms with Gasteiger partial charge in [-0.25, -0.2) is 0 Å². The minimum absolute atomic E-state index is 0.0876. The average molecular weight is 231 g/mol. The second-order valence-electron chi connectivity index (χ2n) is 4.59. The smallest absolute Gasteiger partial charge is 0.0931 e. The van der Waals surface area contributed by atoms with Gasteiger partial charge in [0.1, 0.15) is 0 Å². The summed E-state index contributed by atoms with van der Waals surface area (Å²) in [5.74, 6) is 0. The maximum Gasteiger partial charge on any atom is 0.0931 e. The predicted octanol–water partition coefficient (Wildman–Crippen LogP) is 3.50. The Balaban J connectivity index is 2.03. The van der Waals surface area contributed by atoms with Crippen LogP contribution < -0.4 is 0 Å². The summed E-state index contributed by atoms with van der Waals surface area (Å²) in [5, 5.41) is 9.53. The molecule has 78 valence electrons. The summed E-state index contributed by atoms with van der Waals surface area (Å²) < 4.78 is 0.863. The zero-order valence-electron chi connectivity index (χ0n) is 8.29. The topological polar surface area (TPSA) is 20.2 Å². The zero-order chi connectivity index (χ0) is 10.2. The van der Waals surface area contributed by atoms with E-state index in [1.807, 2.05) is 6.07 Å². The summed E-state index contributed by atoms with van der Waals surface area (Å²) in [7, 11) is 0. The molecule has 1 heterocycles. The van der Waals surface area contributed by atoms with E-state index in [4.69, 9.17) is 11.6 Å². The molecular formula is C11H15ClOS. The summed E-state index contributed by atoms with van der Waals surface area (Å²) in [6.07, 6.45) is 3.99. The van der Waals surface area contributed by atoms with Crippen LogP contribution in [0.2, 0.25) is 4.34 Å². The highest BCUT2D eigenvalue weighted by Gasteiger charge is 2.34. The molecule has 1 aliphatic carbocycles. The van der Waals surface area contributed by atoms with Crippen LogP contribution in [0.1, 0.15) is 31.1 Å². The third-order valence-electron chi connectivity index (χ3n) is 3.04. The monoisotopic (exact) mass is 230 g/mol. The van der Waals surface area contributed by atoms with Crippen molar-refractivity contribution in [3.05, 3.63) is 21.3 Å². The first-order valence-electron chi connectivity index (χ1n) is 5.00. The van der Waals surface area contributed by atoms with Crippen molar-refractivity contribution in [3.63, 3.8) is 0 Å². The van der Waals surface area contributed by atoms with E-state index in [9.17, 15) is 5.11 Å². The minimum atomic E-state index is -0.0876. The molecule has 2 atom stereocenters. The molecule has 1 nitrogen and oxygen atoms in total. The number of hydrogen-bond acceptors (Lipinski definition) is 2. The Morgan fingerprint density at radius 2 is 2.43 bits per heavy atom. The lowest BCUT2D eigenvalue weighted by Crippen LogP contribution is -2.15. The normalized spacial score (nSPS) is 32.4. The third kappa shape index (κ3) is 2.30. The van der Waals surface area contributed by atoms with E-state index in [1.165, 1.54) is 4.88 Å². The van der Waals surface area contributed by atoms with Gasteiger partial charge in [0.15, 0.2) is 0 Å². The van der Waals surface area contributed by atoms with Gasteiger partial charge < -0.3 is 5.11 Å². The van der Waals surface area contributed by atoms with Crippen LogP contribution in [0, 0.1) is 5.41 Å². The van der Waals surface area contributed by atoms with Gasteiger partial charge in [-0.3, -0.25) is 0 Å². The highest BCUT2D eigenvalue weighted by molar-refractivity contribution is 7.16. The van der Waals surface area contributed by atoms with Gasteiger partial charge in [0.25, 0.3) is 0 Å². The Labute approximate surface area is 93.7 Å². The summed E-state index contributed by atoms with van der Waals surface area (Å²) in [6, 6.07) is 4.05. The first-order chi connectivity index (χ1) is 6.57. The quantitative estimate of drug-likeness (QED) is 0.825. The maximum atomic E-state index is 9.53. The van der Waals surface area contributed by atoms with E-state index in [-0.39, 0.29) is 11.5 Å². The van der Waals surface area contributed by atoms with Crippen molar-refractivity contribution < 1.29 is 5.11 Å². The molecule has 1 aromatic heterocycles. The van der Waals surface area contributed by atoms with Crippen LogP contribution in [-0.4, -0.2) is 11.2 Å². The second kappa shape index (κ2) is 3.84. The second-order valence-corrected chi connectivity index (χ2v) is 6.39. The molecule has 2 unspecified atom stereocenters. The summed E-state index contributed by atoms with van der Waals surface area (Å²) in [6.45, 7) is 2.26. The largest absolute Gasteiger partial charge is 0.393 e. The molecule has 3 heteroatoms. The SMILES string of the molecule is CC1(Cc2ccc(Cl)s2)CCC(O)C1. The Morgan fingerprint density at radius 3 is 2.93 bits per heavy atom. The van der Waals surface area contributed by atoms with E-state index in [2.05, 4.69) is 13.0 Å². The maximum absolute atomic E-state index is 9.53. The average Bonchev–Trinajstić information content (AvgIpc) is 2.60. The predicted molar refractivity (Wildman–Crippen MR) is 61.0 cm³/mol. The molecule has 1 fully saturated rings. The van der Waals surface area contributed by atoms with Crippen LogP contribution >= 0.6 is 22.9 Å². The molecule has 0 saturated heterocycles. The van der Waals surface area contributed by atoms with Gasteiger partial charge in [-0.05, 0) is 43.2 Å². The van der Waals surface area contributed by atoms with Crippen LogP contribution in [0.5, 0.6) is 0 Å². The van der Waals surface area contributed by atoms with Crippen LogP contribution in [0.25, 0.3) is 0 Å². The van der Waals surface area contributed by atoms with E-state index < -0.39 is 0 Å². The summed E-state index contributed by atoms with van der Waals surface area (Å²) in [4.78, 5) is 1.34. The van der Waals surface area contributed by atoms with Crippen molar-refractivity contribution in [2.75, 3.05) is 0 Å². The first kappa shape index (κ1) is 10.5. The number of aliphatic hydroxyl groups is 1. The molecular weight excluding hydrogens is 216 g/mol. The number of halogens is 1. The molecule has 14 heavy (non-hydrogen) atoms. The van der Waals surface area contributed by atoms with Crippen LogP contribution in [0.15, 0.2) is 12.1 Å². The van der Waals surface area contributed by atoms with Crippen molar-refractivity contribution in [1.29, 1.82) is 0 Å². The van der Waals surface area contributed by atoms with Crippen molar-refractivity contribution in [3.8, 4) is 0 Å². The van der Waals surface area contributed by atoms with Crippen molar-refractivity contribution in [1.82, 2.24) is 0 Å². The molecule has 0 bridgehead atoms. The lowest BCUT2D eigenvalue weighted by atomic mass is 9.84. The van der Waals surface area contributed by atoms with Crippen LogP contribution in [-0.2, 0) is 6.42 Å². The van der Waals surface area contributed by atoms with E-state index in [0.717, 1.165) is 30.0 Å². The molecule has 0 aliphatic heterocycles. The van der Waals surface area contributed by atoms with Crippen molar-refractivity contribution >= 4 is 22.9 Å². The molecule has 1 saturated carbocycles. The standard InChI is InChI=1S/C11H15ClOS/c1-11(5-4-8(13)6-11)7-9-2-3-10(12)14-9/h2-3,8,13H,4-7H2,1H3. The number of aliphatic hydroxyl groups excluding tert-OH is 1. The van der Waals surface area contributed by atoms with Gasteiger partial charge in [-0.1, -0.05) is 18.5 Å². The van der Waals surface area contributed by atoms with Gasteiger partial charge >= 0.3 is 0 Å². The van der Waals surface area contributed by atoms with Gasteiger partial charge in [0.05, 0.1) is 10.4 Å². The summed E-state index contributed by atoms with van der Waals surface area (Å²) >= 11 is 7.55. The lowest BCUT2D eigenvalue weighted by Gasteiger charge is -2.22. The minimum Gasteiger partial charge on any atom is -0.393 e.